The minimum Gasteiger partial charge on any atom is -0.379 e. The van der Waals surface area contributed by atoms with Crippen LogP contribution in [0.4, 0.5) is 0 Å². The highest BCUT2D eigenvalue weighted by Gasteiger charge is 2.28. The number of nitrogens with one attached hydrogen (secondary N) is 2. The van der Waals surface area contributed by atoms with Gasteiger partial charge in [-0.05, 0) is 19.9 Å². The Morgan fingerprint density at radius 1 is 1.28 bits per heavy atom. The van der Waals surface area contributed by atoms with Crippen molar-refractivity contribution in [3.05, 3.63) is 18.0 Å². The average Bonchev–Trinajstić information content (AvgIpc) is 3.12. The van der Waals surface area contributed by atoms with E-state index in [4.69, 9.17) is 4.74 Å². The summed E-state index contributed by atoms with van der Waals surface area (Å²) in [7, 11) is -3.66. The van der Waals surface area contributed by atoms with Gasteiger partial charge in [-0.15, -0.1) is 0 Å². The molecule has 0 radical (unpaired) electrons. The Kier molecular flexibility index (Phi) is 6.57. The van der Waals surface area contributed by atoms with Gasteiger partial charge in [0.2, 0.25) is 15.9 Å². The first kappa shape index (κ1) is 19.4. The van der Waals surface area contributed by atoms with Crippen LogP contribution in [0.5, 0.6) is 0 Å². The number of sulfonamides is 1. The maximum Gasteiger partial charge on any atom is 0.268 e. The van der Waals surface area contributed by atoms with Crippen LogP contribution in [-0.2, 0) is 19.6 Å². The molecule has 1 aliphatic heterocycles. The lowest BCUT2D eigenvalue weighted by Gasteiger charge is -2.25. The fourth-order valence-corrected chi connectivity index (χ4v) is 3.93. The van der Waals surface area contributed by atoms with Crippen LogP contribution in [-0.4, -0.2) is 80.4 Å². The Morgan fingerprint density at radius 2 is 1.92 bits per heavy atom. The smallest absolute Gasteiger partial charge is 0.268 e. The molecule has 2 heterocycles. The lowest BCUT2D eigenvalue weighted by Crippen LogP contribution is -2.40. The van der Waals surface area contributed by atoms with Crippen LogP contribution in [0.15, 0.2) is 17.2 Å². The van der Waals surface area contributed by atoms with Gasteiger partial charge in [-0.25, -0.2) is 8.42 Å². The number of H-pyrrole nitrogens is 1. The molecule has 2 rings (SSSR count). The summed E-state index contributed by atoms with van der Waals surface area (Å²) in [5, 5.41) is 2.50. The highest BCUT2D eigenvalue weighted by atomic mass is 32.2. The number of ether oxygens (including phenoxy) is 1. The van der Waals surface area contributed by atoms with E-state index >= 15 is 0 Å². The van der Waals surface area contributed by atoms with Gasteiger partial charge in [0, 0.05) is 32.4 Å². The van der Waals surface area contributed by atoms with Gasteiger partial charge in [0.25, 0.3) is 5.91 Å². The Labute approximate surface area is 147 Å². The van der Waals surface area contributed by atoms with E-state index in [1.807, 2.05) is 13.8 Å². The molecule has 0 unspecified atom stereocenters. The molecule has 0 bridgehead atoms. The lowest BCUT2D eigenvalue weighted by atomic mass is 10.4. The largest absolute Gasteiger partial charge is 0.379 e. The Hall–Kier alpha value is -1.91. The van der Waals surface area contributed by atoms with Gasteiger partial charge in [-0.3, -0.25) is 9.59 Å². The van der Waals surface area contributed by atoms with E-state index in [9.17, 15) is 18.0 Å². The number of hydrogen-bond donors (Lipinski definition) is 2. The topological polar surface area (TPSA) is 112 Å². The van der Waals surface area contributed by atoms with Crippen LogP contribution < -0.4 is 5.32 Å². The Morgan fingerprint density at radius 3 is 2.52 bits per heavy atom. The second-order valence-corrected chi connectivity index (χ2v) is 7.45. The molecular weight excluding hydrogens is 348 g/mol. The van der Waals surface area contributed by atoms with Gasteiger partial charge in [-0.1, -0.05) is 0 Å². The SMILES string of the molecule is CCN(CC)C(=O)CNC(=O)c1cc(S(=O)(=O)N2CCOCC2)c[nH]1. The summed E-state index contributed by atoms with van der Waals surface area (Å²) in [6, 6.07) is 1.28. The minimum atomic E-state index is -3.66. The van der Waals surface area contributed by atoms with Gasteiger partial charge < -0.3 is 19.9 Å². The fraction of sp³-hybridized carbons (Fsp3) is 0.600. The summed E-state index contributed by atoms with van der Waals surface area (Å²) in [5.41, 5.74) is 0.0965. The second kappa shape index (κ2) is 8.45. The fourth-order valence-electron chi connectivity index (χ4n) is 2.53. The third-order valence-corrected chi connectivity index (χ3v) is 5.90. The number of aromatic amines is 1. The van der Waals surface area contributed by atoms with Crippen molar-refractivity contribution in [1.82, 2.24) is 19.5 Å². The van der Waals surface area contributed by atoms with Gasteiger partial charge in [-0.2, -0.15) is 4.31 Å². The number of morpholine rings is 1. The van der Waals surface area contributed by atoms with Crippen LogP contribution >= 0.6 is 0 Å². The van der Waals surface area contributed by atoms with Crippen molar-refractivity contribution in [2.24, 2.45) is 0 Å². The molecule has 9 nitrogen and oxygen atoms in total. The van der Waals surface area contributed by atoms with E-state index in [2.05, 4.69) is 10.3 Å². The van der Waals surface area contributed by atoms with E-state index in [1.54, 1.807) is 4.90 Å². The lowest BCUT2D eigenvalue weighted by molar-refractivity contribution is -0.129. The van der Waals surface area contributed by atoms with Crippen molar-refractivity contribution in [3.8, 4) is 0 Å². The third kappa shape index (κ3) is 4.59. The highest BCUT2D eigenvalue weighted by Crippen LogP contribution is 2.18. The van der Waals surface area contributed by atoms with Crippen LogP contribution in [0.2, 0.25) is 0 Å². The summed E-state index contributed by atoms with van der Waals surface area (Å²) in [5.74, 6) is -0.713. The summed E-state index contributed by atoms with van der Waals surface area (Å²) >= 11 is 0. The monoisotopic (exact) mass is 372 g/mol. The van der Waals surface area contributed by atoms with Crippen molar-refractivity contribution in [1.29, 1.82) is 0 Å². The molecule has 1 fully saturated rings. The molecule has 1 saturated heterocycles. The highest BCUT2D eigenvalue weighted by molar-refractivity contribution is 7.89. The number of rotatable bonds is 7. The number of amides is 2. The Balaban J connectivity index is 2.00. The average molecular weight is 372 g/mol. The molecule has 0 aliphatic carbocycles. The quantitative estimate of drug-likeness (QED) is 0.678. The molecule has 1 aliphatic rings. The molecule has 0 aromatic carbocycles. The van der Waals surface area contributed by atoms with Gasteiger partial charge >= 0.3 is 0 Å². The first-order chi connectivity index (χ1) is 11.9. The molecule has 0 spiro atoms. The molecule has 2 N–H and O–H groups in total. The standard InChI is InChI=1S/C15H24N4O5S/c1-3-18(4-2)14(20)11-17-15(21)13-9-12(10-16-13)25(22,23)19-5-7-24-8-6-19/h9-10,16H,3-8,11H2,1-2H3,(H,17,21). The van der Waals surface area contributed by atoms with Gasteiger partial charge in [0.05, 0.1) is 19.8 Å². The summed E-state index contributed by atoms with van der Waals surface area (Å²) in [6.45, 7) is 5.99. The van der Waals surface area contributed by atoms with Gasteiger partial charge in [0.15, 0.2) is 0 Å². The molecular formula is C15H24N4O5S. The maximum absolute atomic E-state index is 12.5. The van der Waals surface area contributed by atoms with Crippen LogP contribution in [0, 0.1) is 0 Å². The van der Waals surface area contributed by atoms with Crippen molar-refractivity contribution in [2.75, 3.05) is 45.9 Å². The molecule has 2 amide bonds. The van der Waals surface area contributed by atoms with E-state index in [0.29, 0.717) is 26.3 Å². The predicted octanol–water partition coefficient (Wildman–Crippen LogP) is -0.366. The maximum atomic E-state index is 12.5. The zero-order chi connectivity index (χ0) is 18.4. The molecule has 140 valence electrons. The molecule has 1 aromatic rings. The number of likely N-dealkylation sites (N-methyl/N-ethyl adjacent to an activating group) is 1. The van der Waals surface area contributed by atoms with Gasteiger partial charge in [0.1, 0.15) is 10.6 Å². The zero-order valence-electron chi connectivity index (χ0n) is 14.4. The molecule has 10 heteroatoms. The summed E-state index contributed by atoms with van der Waals surface area (Å²) in [6.07, 6.45) is 1.28. The minimum absolute atomic E-state index is 0.0228. The van der Waals surface area contributed by atoms with Crippen molar-refractivity contribution in [3.63, 3.8) is 0 Å². The van der Waals surface area contributed by atoms with Crippen molar-refractivity contribution >= 4 is 21.8 Å². The van der Waals surface area contributed by atoms with E-state index in [-0.39, 0.29) is 36.1 Å². The number of nitrogens with zero attached hydrogens (tertiary/aromatic N) is 2. The third-order valence-electron chi connectivity index (χ3n) is 4.03. The van der Waals surface area contributed by atoms with Crippen LogP contribution in [0.25, 0.3) is 0 Å². The number of carbonyl (C=O) groups is 2. The summed E-state index contributed by atoms with van der Waals surface area (Å²) < 4.78 is 31.5. The molecule has 1 aromatic heterocycles. The normalized spacial score (nSPS) is 15.8. The van der Waals surface area contributed by atoms with E-state index in [0.717, 1.165) is 0 Å². The van der Waals surface area contributed by atoms with E-state index < -0.39 is 15.9 Å². The van der Waals surface area contributed by atoms with E-state index in [1.165, 1.54) is 16.6 Å². The van der Waals surface area contributed by atoms with Crippen molar-refractivity contribution in [2.45, 2.75) is 18.7 Å². The number of carbonyl (C=O) groups excluding carboxylic acids is 2. The molecule has 0 atom stereocenters. The van der Waals surface area contributed by atoms with Crippen LogP contribution in [0.1, 0.15) is 24.3 Å². The second-order valence-electron chi connectivity index (χ2n) is 5.51. The number of aromatic nitrogens is 1. The molecule has 25 heavy (non-hydrogen) atoms. The van der Waals surface area contributed by atoms with Crippen LogP contribution in [0.3, 0.4) is 0 Å². The molecule has 0 saturated carbocycles. The first-order valence-corrected chi connectivity index (χ1v) is 9.66. The zero-order valence-corrected chi connectivity index (χ0v) is 15.3. The first-order valence-electron chi connectivity index (χ1n) is 8.22. The summed E-state index contributed by atoms with van der Waals surface area (Å²) in [4.78, 5) is 28.3. The Bertz CT molecular complexity index is 705. The predicted molar refractivity (Wildman–Crippen MR) is 90.6 cm³/mol. The van der Waals surface area contributed by atoms with Crippen molar-refractivity contribution < 1.29 is 22.7 Å². The number of hydrogen-bond acceptors (Lipinski definition) is 5.